The number of amidine groups is 1. The van der Waals surface area contributed by atoms with Crippen molar-refractivity contribution >= 4 is 28.7 Å². The molecule has 34 heavy (non-hydrogen) atoms. The lowest BCUT2D eigenvalue weighted by atomic mass is 9.92. The molecule has 1 unspecified atom stereocenters. The Balaban J connectivity index is 1.72. The van der Waals surface area contributed by atoms with Crippen molar-refractivity contribution in [3.05, 3.63) is 57.8 Å². The van der Waals surface area contributed by atoms with Gasteiger partial charge in [-0.25, -0.2) is 4.99 Å². The lowest BCUT2D eigenvalue weighted by Crippen LogP contribution is -2.43. The first-order chi connectivity index (χ1) is 16.1. The summed E-state index contributed by atoms with van der Waals surface area (Å²) in [4.78, 5) is 35.7. The lowest BCUT2D eigenvalue weighted by molar-refractivity contribution is -0.137. The largest absolute Gasteiger partial charge is 0.416 e. The van der Waals surface area contributed by atoms with Crippen molar-refractivity contribution in [2.45, 2.75) is 25.6 Å². The van der Waals surface area contributed by atoms with Crippen LogP contribution in [0.1, 0.15) is 30.5 Å². The Morgan fingerprint density at radius 2 is 1.82 bits per heavy atom. The molecule has 182 valence electrons. The van der Waals surface area contributed by atoms with E-state index in [1.165, 1.54) is 28.8 Å². The summed E-state index contributed by atoms with van der Waals surface area (Å²) in [7, 11) is 3.23. The van der Waals surface area contributed by atoms with Crippen molar-refractivity contribution in [2.24, 2.45) is 4.99 Å². The second-order valence-corrected chi connectivity index (χ2v) is 9.22. The number of thioether (sulfide) groups is 1. The number of nitrogens with zero attached hydrogens (tertiary/aromatic N) is 4. The molecule has 3 heterocycles. The number of likely N-dealkylation sites (N-methyl/N-ethyl adjacent to an activating group) is 1. The average Bonchev–Trinajstić information content (AvgIpc) is 3.19. The monoisotopic (exact) mass is 494 g/mol. The number of halogens is 3. The molecule has 1 atom stereocenters. The molecule has 1 aromatic carbocycles. The van der Waals surface area contributed by atoms with E-state index in [-0.39, 0.29) is 18.2 Å². The van der Waals surface area contributed by atoms with Gasteiger partial charge in [0.2, 0.25) is 5.91 Å². The first-order valence-electron chi connectivity index (χ1n) is 10.8. The van der Waals surface area contributed by atoms with Crippen molar-refractivity contribution in [3.63, 3.8) is 0 Å². The van der Waals surface area contributed by atoms with E-state index in [1.54, 1.807) is 30.8 Å². The Labute approximate surface area is 199 Å². The highest BCUT2D eigenvalue weighted by Gasteiger charge is 2.41. The molecule has 2 amide bonds. The maximum atomic E-state index is 13.2. The van der Waals surface area contributed by atoms with E-state index in [4.69, 9.17) is 4.74 Å². The van der Waals surface area contributed by atoms with Gasteiger partial charge in [0.25, 0.3) is 5.91 Å². The molecule has 0 aromatic heterocycles. The number of carbonyl (C=O) groups excluding carboxylic acids is 2. The van der Waals surface area contributed by atoms with Gasteiger partial charge in [0, 0.05) is 32.9 Å². The Hall–Kier alpha value is -2.79. The van der Waals surface area contributed by atoms with E-state index in [2.05, 4.69) is 4.99 Å². The highest BCUT2D eigenvalue weighted by Crippen LogP contribution is 2.45. The number of benzene rings is 1. The van der Waals surface area contributed by atoms with Gasteiger partial charge in [-0.1, -0.05) is 23.9 Å². The number of rotatable bonds is 4. The van der Waals surface area contributed by atoms with E-state index >= 15 is 0 Å². The molecule has 0 bridgehead atoms. The minimum atomic E-state index is -4.47. The summed E-state index contributed by atoms with van der Waals surface area (Å²) in [5.74, 6) is -0.365. The third-order valence-electron chi connectivity index (χ3n) is 5.89. The van der Waals surface area contributed by atoms with Crippen molar-refractivity contribution in [1.82, 2.24) is 14.7 Å². The molecule has 7 nitrogen and oxygen atoms in total. The summed E-state index contributed by atoms with van der Waals surface area (Å²) in [5.41, 5.74) is 1.26. The fraction of sp³-hybridized carbons (Fsp3) is 0.435. The molecule has 0 saturated carbocycles. The molecule has 1 aromatic rings. The third kappa shape index (κ3) is 4.72. The molecule has 3 aliphatic heterocycles. The van der Waals surface area contributed by atoms with E-state index in [0.29, 0.717) is 54.0 Å². The second kappa shape index (κ2) is 9.46. The zero-order valence-corrected chi connectivity index (χ0v) is 19.9. The Morgan fingerprint density at radius 1 is 1.18 bits per heavy atom. The number of aliphatic imine (C=N–C) groups is 1. The topological polar surface area (TPSA) is 65.5 Å². The van der Waals surface area contributed by atoms with Gasteiger partial charge in [-0.2, -0.15) is 13.2 Å². The van der Waals surface area contributed by atoms with Gasteiger partial charge >= 0.3 is 6.18 Å². The van der Waals surface area contributed by atoms with Gasteiger partial charge in [0.05, 0.1) is 42.5 Å². The number of allylic oxidation sites excluding steroid dienone is 1. The van der Waals surface area contributed by atoms with Gasteiger partial charge in [0.15, 0.2) is 5.17 Å². The smallest absolute Gasteiger partial charge is 0.378 e. The molecule has 0 aliphatic carbocycles. The summed E-state index contributed by atoms with van der Waals surface area (Å²) >= 11 is 1.33. The molecule has 3 aliphatic rings. The van der Waals surface area contributed by atoms with Gasteiger partial charge in [-0.3, -0.25) is 9.59 Å². The van der Waals surface area contributed by atoms with Crippen LogP contribution in [0.15, 0.2) is 51.6 Å². The number of hydrogen-bond donors (Lipinski definition) is 0. The van der Waals surface area contributed by atoms with Crippen LogP contribution in [0.3, 0.4) is 0 Å². The van der Waals surface area contributed by atoms with E-state index in [1.807, 2.05) is 5.41 Å². The molecule has 1 saturated heterocycles. The molecule has 11 heteroatoms. The zero-order chi connectivity index (χ0) is 24.6. The average molecular weight is 495 g/mol. The van der Waals surface area contributed by atoms with Gasteiger partial charge < -0.3 is 19.4 Å². The normalized spacial score (nSPS) is 20.7. The van der Waals surface area contributed by atoms with E-state index in [9.17, 15) is 22.8 Å². The Kier molecular flexibility index (Phi) is 6.77. The first kappa shape index (κ1) is 24.3. The highest BCUT2D eigenvalue weighted by molar-refractivity contribution is 8.16. The molecular formula is C23H25F3N4O3S. The van der Waals surface area contributed by atoms with Crippen molar-refractivity contribution in [3.8, 4) is 0 Å². The van der Waals surface area contributed by atoms with Crippen LogP contribution in [0.5, 0.6) is 0 Å². The number of alkyl halides is 3. The van der Waals surface area contributed by atoms with Crippen LogP contribution in [0.2, 0.25) is 0 Å². The lowest BCUT2D eigenvalue weighted by Gasteiger charge is -2.38. The standard InChI is InChI=1S/C23H25F3N4O3S/c1-14-19(21(32)28(2)3)20(15-4-6-16(7-5-15)23(24,25)26)30-17(13-34-22(30)27-14)12-18(31)29-8-10-33-11-9-29/h4-7,13,20H,8-12H2,1-3H3. The number of fused-ring (bicyclic) bond motifs is 1. The van der Waals surface area contributed by atoms with Crippen LogP contribution in [0.25, 0.3) is 0 Å². The second-order valence-electron chi connectivity index (χ2n) is 8.38. The fourth-order valence-corrected chi connectivity index (χ4v) is 5.10. The number of morpholine rings is 1. The molecule has 1 fully saturated rings. The summed E-state index contributed by atoms with van der Waals surface area (Å²) in [5, 5.41) is 2.41. The number of amides is 2. The van der Waals surface area contributed by atoms with Crippen molar-refractivity contribution in [1.29, 1.82) is 0 Å². The quantitative estimate of drug-likeness (QED) is 0.640. The van der Waals surface area contributed by atoms with Crippen molar-refractivity contribution < 1.29 is 27.5 Å². The van der Waals surface area contributed by atoms with Gasteiger partial charge in [0.1, 0.15) is 0 Å². The molecule has 0 spiro atoms. The first-order valence-corrected chi connectivity index (χ1v) is 11.6. The Morgan fingerprint density at radius 3 is 2.41 bits per heavy atom. The maximum Gasteiger partial charge on any atom is 0.416 e. The van der Waals surface area contributed by atoms with Crippen LogP contribution in [0, 0.1) is 0 Å². The number of hydrogen-bond acceptors (Lipinski definition) is 6. The SMILES string of the molecule is CC1=C(C(=O)N(C)C)C(c2ccc(C(F)(F)F)cc2)N2C(CC(=O)N3CCOCC3)=CSC2=N1. The fourth-order valence-electron chi connectivity index (χ4n) is 4.13. The summed E-state index contributed by atoms with van der Waals surface area (Å²) in [6, 6.07) is 4.09. The highest BCUT2D eigenvalue weighted by atomic mass is 32.2. The van der Waals surface area contributed by atoms with E-state index < -0.39 is 17.8 Å². The van der Waals surface area contributed by atoms with Gasteiger partial charge in [-0.05, 0) is 30.0 Å². The van der Waals surface area contributed by atoms with Crippen molar-refractivity contribution in [2.75, 3.05) is 40.4 Å². The van der Waals surface area contributed by atoms with Gasteiger partial charge in [-0.15, -0.1) is 0 Å². The van der Waals surface area contributed by atoms with Crippen LogP contribution in [0.4, 0.5) is 13.2 Å². The Bertz CT molecular complexity index is 1070. The number of ether oxygens (including phenoxy) is 1. The summed E-state index contributed by atoms with van der Waals surface area (Å²) < 4.78 is 44.8. The maximum absolute atomic E-state index is 13.2. The predicted molar refractivity (Wildman–Crippen MR) is 123 cm³/mol. The molecular weight excluding hydrogens is 469 g/mol. The summed E-state index contributed by atoms with van der Waals surface area (Å²) in [6.07, 6.45) is -4.38. The zero-order valence-electron chi connectivity index (χ0n) is 19.1. The van der Waals surface area contributed by atoms with Crippen LogP contribution in [-0.2, 0) is 20.5 Å². The minimum Gasteiger partial charge on any atom is -0.378 e. The molecule has 4 rings (SSSR count). The van der Waals surface area contributed by atoms with Crippen LogP contribution in [-0.4, -0.2) is 72.1 Å². The number of carbonyl (C=O) groups is 2. The van der Waals surface area contributed by atoms with E-state index in [0.717, 1.165) is 12.1 Å². The van der Waals surface area contributed by atoms with Crippen LogP contribution < -0.4 is 0 Å². The summed E-state index contributed by atoms with van der Waals surface area (Å²) in [6.45, 7) is 3.69. The molecule has 0 N–H and O–H groups in total. The predicted octanol–water partition coefficient (Wildman–Crippen LogP) is 3.62. The minimum absolute atomic E-state index is 0.0747. The molecule has 0 radical (unpaired) electrons. The van der Waals surface area contributed by atoms with Crippen LogP contribution >= 0.6 is 11.8 Å². The third-order valence-corrected chi connectivity index (χ3v) is 6.78.